The van der Waals surface area contributed by atoms with Crippen molar-refractivity contribution in [3.05, 3.63) is 41.7 Å². The molecular formula is C10H11N3S. The minimum Gasteiger partial charge on any atom is -0.353 e. The van der Waals surface area contributed by atoms with Crippen molar-refractivity contribution in [1.29, 1.82) is 0 Å². The number of anilines is 1. The summed E-state index contributed by atoms with van der Waals surface area (Å²) in [5.74, 6) is 0. The fraction of sp³-hybridized carbons (Fsp3) is 0.200. The first-order chi connectivity index (χ1) is 6.86. The van der Waals surface area contributed by atoms with Gasteiger partial charge in [-0.1, -0.05) is 6.07 Å². The van der Waals surface area contributed by atoms with Gasteiger partial charge in [0.25, 0.3) is 0 Å². The molecule has 0 aliphatic heterocycles. The van der Waals surface area contributed by atoms with Gasteiger partial charge >= 0.3 is 0 Å². The second-order valence-corrected chi connectivity index (χ2v) is 3.85. The average Bonchev–Trinajstić information content (AvgIpc) is 2.72. The zero-order valence-electron chi connectivity index (χ0n) is 7.84. The molecule has 2 rings (SSSR count). The summed E-state index contributed by atoms with van der Waals surface area (Å²) in [4.78, 5) is 8.43. The number of rotatable bonds is 3. The van der Waals surface area contributed by atoms with Crippen LogP contribution in [0.5, 0.6) is 0 Å². The van der Waals surface area contributed by atoms with Crippen molar-refractivity contribution < 1.29 is 0 Å². The van der Waals surface area contributed by atoms with E-state index in [0.29, 0.717) is 0 Å². The lowest BCUT2D eigenvalue weighted by atomic mass is 10.2. The molecule has 0 saturated carbocycles. The predicted octanol–water partition coefficient (Wildman–Crippen LogP) is 2.71. The molecule has 2 aromatic heterocycles. The molecule has 0 fully saturated rings. The normalized spacial score (nSPS) is 12.4. The topological polar surface area (TPSA) is 37.8 Å². The molecule has 2 aromatic rings. The van der Waals surface area contributed by atoms with Crippen molar-refractivity contribution in [1.82, 2.24) is 9.97 Å². The van der Waals surface area contributed by atoms with E-state index in [1.54, 1.807) is 23.7 Å². The Bertz CT molecular complexity index is 372. The van der Waals surface area contributed by atoms with Crippen LogP contribution >= 0.6 is 11.3 Å². The average molecular weight is 205 g/mol. The van der Waals surface area contributed by atoms with Crippen molar-refractivity contribution >= 4 is 16.5 Å². The lowest BCUT2D eigenvalue weighted by molar-refractivity contribution is 0.837. The van der Waals surface area contributed by atoms with Gasteiger partial charge in [0.05, 0.1) is 11.7 Å². The summed E-state index contributed by atoms with van der Waals surface area (Å²) in [5, 5.41) is 6.17. The highest BCUT2D eigenvalue weighted by Crippen LogP contribution is 2.18. The first-order valence-electron chi connectivity index (χ1n) is 4.43. The van der Waals surface area contributed by atoms with E-state index in [1.165, 1.54) is 0 Å². The number of pyridine rings is 1. The van der Waals surface area contributed by atoms with E-state index in [-0.39, 0.29) is 6.04 Å². The summed E-state index contributed by atoms with van der Waals surface area (Å²) < 4.78 is 0. The van der Waals surface area contributed by atoms with Gasteiger partial charge in [0.15, 0.2) is 5.13 Å². The van der Waals surface area contributed by atoms with E-state index in [9.17, 15) is 0 Å². The largest absolute Gasteiger partial charge is 0.353 e. The lowest BCUT2D eigenvalue weighted by Crippen LogP contribution is -2.07. The highest BCUT2D eigenvalue weighted by molar-refractivity contribution is 7.13. The molecule has 0 aliphatic carbocycles. The number of nitrogens with one attached hydrogen (secondary N) is 1. The van der Waals surface area contributed by atoms with Crippen LogP contribution in [0.3, 0.4) is 0 Å². The summed E-state index contributed by atoms with van der Waals surface area (Å²) in [6, 6.07) is 6.11. The van der Waals surface area contributed by atoms with E-state index in [0.717, 1.165) is 10.8 Å². The number of nitrogens with zero attached hydrogens (tertiary/aromatic N) is 2. The van der Waals surface area contributed by atoms with Crippen LogP contribution in [0.15, 0.2) is 36.0 Å². The molecule has 0 bridgehead atoms. The van der Waals surface area contributed by atoms with Crippen LogP contribution in [0.2, 0.25) is 0 Å². The fourth-order valence-corrected chi connectivity index (χ4v) is 1.80. The number of aromatic nitrogens is 2. The molecule has 4 heteroatoms. The predicted molar refractivity (Wildman–Crippen MR) is 58.4 cm³/mol. The van der Waals surface area contributed by atoms with Crippen LogP contribution in [0.25, 0.3) is 0 Å². The molecule has 0 aliphatic rings. The zero-order valence-corrected chi connectivity index (χ0v) is 8.66. The Morgan fingerprint density at radius 1 is 1.29 bits per heavy atom. The smallest absolute Gasteiger partial charge is 0.183 e. The number of hydrogen-bond acceptors (Lipinski definition) is 4. The summed E-state index contributed by atoms with van der Waals surface area (Å²) in [5.41, 5.74) is 1.03. The highest BCUT2D eigenvalue weighted by atomic mass is 32.1. The van der Waals surface area contributed by atoms with Crippen LogP contribution < -0.4 is 5.32 Å². The molecule has 72 valence electrons. The number of thiazole rings is 1. The van der Waals surface area contributed by atoms with Crippen LogP contribution in [0.4, 0.5) is 5.13 Å². The molecule has 3 nitrogen and oxygen atoms in total. The Morgan fingerprint density at radius 2 is 2.21 bits per heavy atom. The Kier molecular flexibility index (Phi) is 2.74. The SMILES string of the molecule is C[C@H](Nc1nccs1)c1ccccn1. The quantitative estimate of drug-likeness (QED) is 0.837. The molecular weight excluding hydrogens is 194 g/mol. The van der Waals surface area contributed by atoms with Crippen LogP contribution in [-0.4, -0.2) is 9.97 Å². The van der Waals surface area contributed by atoms with E-state index >= 15 is 0 Å². The van der Waals surface area contributed by atoms with Crippen LogP contribution in [0.1, 0.15) is 18.7 Å². The Balaban J connectivity index is 2.07. The fourth-order valence-electron chi connectivity index (χ4n) is 1.19. The summed E-state index contributed by atoms with van der Waals surface area (Å²) in [7, 11) is 0. The molecule has 1 N–H and O–H groups in total. The monoisotopic (exact) mass is 205 g/mol. The zero-order chi connectivity index (χ0) is 9.80. The first kappa shape index (κ1) is 9.15. The van der Waals surface area contributed by atoms with Crippen LogP contribution in [0, 0.1) is 0 Å². The van der Waals surface area contributed by atoms with E-state index in [4.69, 9.17) is 0 Å². The Hall–Kier alpha value is -1.42. The molecule has 0 unspecified atom stereocenters. The summed E-state index contributed by atoms with van der Waals surface area (Å²) >= 11 is 1.60. The maximum absolute atomic E-state index is 4.27. The molecule has 0 amide bonds. The molecule has 2 heterocycles. The van der Waals surface area contributed by atoms with Crippen molar-refractivity contribution in [2.75, 3.05) is 5.32 Å². The third-order valence-corrected chi connectivity index (χ3v) is 2.61. The molecule has 0 aromatic carbocycles. The first-order valence-corrected chi connectivity index (χ1v) is 5.31. The van der Waals surface area contributed by atoms with Gasteiger partial charge in [0.1, 0.15) is 0 Å². The molecule has 1 atom stereocenters. The molecule has 14 heavy (non-hydrogen) atoms. The second kappa shape index (κ2) is 4.19. The van der Waals surface area contributed by atoms with Crippen molar-refractivity contribution in [3.8, 4) is 0 Å². The molecule has 0 saturated heterocycles. The Labute approximate surface area is 86.8 Å². The van der Waals surface area contributed by atoms with E-state index in [2.05, 4.69) is 22.2 Å². The second-order valence-electron chi connectivity index (χ2n) is 2.96. The van der Waals surface area contributed by atoms with Gasteiger partial charge in [-0.25, -0.2) is 4.98 Å². The maximum atomic E-state index is 4.27. The van der Waals surface area contributed by atoms with Gasteiger partial charge in [-0.2, -0.15) is 0 Å². The minimum atomic E-state index is 0.197. The molecule has 0 radical (unpaired) electrons. The van der Waals surface area contributed by atoms with Gasteiger partial charge in [0, 0.05) is 17.8 Å². The number of hydrogen-bond donors (Lipinski definition) is 1. The van der Waals surface area contributed by atoms with Gasteiger partial charge in [-0.05, 0) is 19.1 Å². The van der Waals surface area contributed by atoms with Gasteiger partial charge in [0.2, 0.25) is 0 Å². The van der Waals surface area contributed by atoms with Gasteiger partial charge in [-0.15, -0.1) is 11.3 Å². The third-order valence-electron chi connectivity index (χ3n) is 1.90. The summed E-state index contributed by atoms with van der Waals surface area (Å²) in [6.07, 6.45) is 3.59. The minimum absolute atomic E-state index is 0.197. The van der Waals surface area contributed by atoms with Crippen LogP contribution in [-0.2, 0) is 0 Å². The highest BCUT2D eigenvalue weighted by Gasteiger charge is 2.06. The standard InChI is InChI=1S/C10H11N3S/c1-8(9-4-2-3-5-11-9)13-10-12-6-7-14-10/h2-8H,1H3,(H,12,13)/t8-/m0/s1. The van der Waals surface area contributed by atoms with Gasteiger partial charge < -0.3 is 5.32 Å². The van der Waals surface area contributed by atoms with Gasteiger partial charge in [-0.3, -0.25) is 4.98 Å². The van der Waals surface area contributed by atoms with Crippen molar-refractivity contribution in [2.24, 2.45) is 0 Å². The molecule has 0 spiro atoms. The Morgan fingerprint density at radius 3 is 2.86 bits per heavy atom. The van der Waals surface area contributed by atoms with E-state index in [1.807, 2.05) is 23.6 Å². The maximum Gasteiger partial charge on any atom is 0.183 e. The van der Waals surface area contributed by atoms with Crippen molar-refractivity contribution in [2.45, 2.75) is 13.0 Å². The van der Waals surface area contributed by atoms with E-state index < -0.39 is 0 Å². The van der Waals surface area contributed by atoms with Crippen molar-refractivity contribution in [3.63, 3.8) is 0 Å². The third kappa shape index (κ3) is 2.09. The summed E-state index contributed by atoms with van der Waals surface area (Å²) in [6.45, 7) is 2.07. The lowest BCUT2D eigenvalue weighted by Gasteiger charge is -2.11.